The van der Waals surface area contributed by atoms with Crippen LogP contribution in [0.1, 0.15) is 5.56 Å². The van der Waals surface area contributed by atoms with Crippen LogP contribution in [0.3, 0.4) is 0 Å². The van der Waals surface area contributed by atoms with E-state index in [1.165, 1.54) is 35.2 Å². The van der Waals surface area contributed by atoms with Crippen molar-refractivity contribution in [3.05, 3.63) is 61.9 Å². The molecule has 1 heterocycles. The Hall–Kier alpha value is -1.29. The number of thioether (sulfide) groups is 1. The summed E-state index contributed by atoms with van der Waals surface area (Å²) in [6.45, 7) is 0. The van der Waals surface area contributed by atoms with Gasteiger partial charge in [0.2, 0.25) is 0 Å². The van der Waals surface area contributed by atoms with Gasteiger partial charge in [-0.15, -0.1) is 0 Å². The highest BCUT2D eigenvalue weighted by atomic mass is 35.5. The molecule has 1 saturated heterocycles. The number of anilines is 1. The Kier molecular flexibility index (Phi) is 6.29. The third-order valence-electron chi connectivity index (χ3n) is 3.44. The van der Waals surface area contributed by atoms with Crippen molar-refractivity contribution < 1.29 is 17.4 Å². The van der Waals surface area contributed by atoms with Gasteiger partial charge in [0.05, 0.1) is 21.9 Å². The number of halogens is 3. The first-order chi connectivity index (χ1) is 13.0. The van der Waals surface area contributed by atoms with Crippen LogP contribution in [0.15, 0.2) is 41.3 Å². The molecule has 0 aromatic heterocycles. The molecule has 1 aliphatic rings. The van der Waals surface area contributed by atoms with Crippen molar-refractivity contribution in [2.45, 2.75) is 0 Å². The Morgan fingerprint density at radius 3 is 2.39 bits per heavy atom. The third kappa shape index (κ3) is 4.82. The molecule has 1 fully saturated rings. The zero-order chi connectivity index (χ0) is 20.6. The van der Waals surface area contributed by atoms with Crippen LogP contribution in [0.25, 0.3) is 6.08 Å². The highest BCUT2D eigenvalue weighted by Gasteiger charge is 2.34. The summed E-state index contributed by atoms with van der Waals surface area (Å²) < 4.78 is 28.2. The predicted molar refractivity (Wildman–Crippen MR) is 119 cm³/mol. The Morgan fingerprint density at radius 1 is 1.11 bits per heavy atom. The molecule has 0 spiro atoms. The van der Waals surface area contributed by atoms with Crippen LogP contribution in [0.4, 0.5) is 5.69 Å². The molecular weight excluding hydrogens is 485 g/mol. The first-order valence-corrected chi connectivity index (χ1v) is 11.6. The van der Waals surface area contributed by atoms with Crippen LogP contribution in [-0.4, -0.2) is 24.9 Å². The summed E-state index contributed by atoms with van der Waals surface area (Å²) in [7, 11) is -3.76. The van der Waals surface area contributed by atoms with Crippen LogP contribution < -0.4 is 9.08 Å². The second kappa shape index (κ2) is 8.22. The van der Waals surface area contributed by atoms with Gasteiger partial charge >= 0.3 is 10.1 Å². The van der Waals surface area contributed by atoms with Crippen molar-refractivity contribution in [1.29, 1.82) is 0 Å². The van der Waals surface area contributed by atoms with Gasteiger partial charge in [0.15, 0.2) is 4.32 Å². The van der Waals surface area contributed by atoms with E-state index >= 15 is 0 Å². The zero-order valence-electron chi connectivity index (χ0n) is 14.0. The average Bonchev–Trinajstić information content (AvgIpc) is 2.83. The van der Waals surface area contributed by atoms with Gasteiger partial charge in [-0.1, -0.05) is 58.8 Å². The van der Waals surface area contributed by atoms with Crippen molar-refractivity contribution in [2.75, 3.05) is 11.2 Å². The van der Waals surface area contributed by atoms with E-state index in [1.807, 2.05) is 0 Å². The van der Waals surface area contributed by atoms with E-state index in [9.17, 15) is 13.2 Å². The van der Waals surface area contributed by atoms with Gasteiger partial charge in [-0.05, 0) is 42.5 Å². The van der Waals surface area contributed by atoms with Crippen molar-refractivity contribution >= 4 is 90.9 Å². The molecule has 0 saturated carbocycles. The minimum atomic E-state index is -3.76. The van der Waals surface area contributed by atoms with Crippen LogP contribution in [0.5, 0.6) is 5.75 Å². The molecule has 0 bridgehead atoms. The SMILES string of the molecule is CS(=O)(=O)Oc1ccc(Cl)cc1/C=C1/SC(=S)N(c2ccc(Cl)cc2Cl)C1=O. The lowest BCUT2D eigenvalue weighted by Gasteiger charge is -2.16. The number of rotatable bonds is 4. The largest absolute Gasteiger partial charge is 0.382 e. The first kappa shape index (κ1) is 21.4. The van der Waals surface area contributed by atoms with Crippen molar-refractivity contribution in [2.24, 2.45) is 0 Å². The normalized spacial score (nSPS) is 16.1. The fourth-order valence-electron chi connectivity index (χ4n) is 2.35. The second-order valence-corrected chi connectivity index (χ2v) is 10.1. The summed E-state index contributed by atoms with van der Waals surface area (Å²) in [6, 6.07) is 9.08. The molecule has 146 valence electrons. The maximum absolute atomic E-state index is 12.9. The van der Waals surface area contributed by atoms with E-state index in [2.05, 4.69) is 0 Å². The highest BCUT2D eigenvalue weighted by Crippen LogP contribution is 2.40. The molecule has 28 heavy (non-hydrogen) atoms. The van der Waals surface area contributed by atoms with Crippen LogP contribution in [0, 0.1) is 0 Å². The molecule has 0 radical (unpaired) electrons. The average molecular weight is 495 g/mol. The first-order valence-electron chi connectivity index (χ1n) is 7.47. The fourth-order valence-corrected chi connectivity index (χ4v) is 4.78. The summed E-state index contributed by atoms with van der Waals surface area (Å²) in [6.07, 6.45) is 2.39. The molecule has 3 rings (SSSR count). The molecule has 0 unspecified atom stereocenters. The van der Waals surface area contributed by atoms with E-state index < -0.39 is 16.0 Å². The number of carbonyl (C=O) groups is 1. The molecule has 0 N–H and O–H groups in total. The highest BCUT2D eigenvalue weighted by molar-refractivity contribution is 8.27. The van der Waals surface area contributed by atoms with Gasteiger partial charge in [-0.3, -0.25) is 9.69 Å². The summed E-state index contributed by atoms with van der Waals surface area (Å²) in [5, 5.41) is 1.05. The number of carbonyl (C=O) groups excluding carboxylic acids is 1. The predicted octanol–water partition coefficient (Wildman–Crippen LogP) is 5.39. The number of thiocarbonyl (C=S) groups is 1. The third-order valence-corrected chi connectivity index (χ3v) is 6.00. The molecule has 1 aliphatic heterocycles. The molecule has 2 aromatic carbocycles. The van der Waals surface area contributed by atoms with Gasteiger partial charge in [-0.2, -0.15) is 8.42 Å². The molecule has 1 amide bonds. The van der Waals surface area contributed by atoms with Gasteiger partial charge in [-0.25, -0.2) is 0 Å². The minimum absolute atomic E-state index is 0.0432. The zero-order valence-corrected chi connectivity index (χ0v) is 18.7. The van der Waals surface area contributed by atoms with E-state index in [1.54, 1.807) is 12.1 Å². The molecule has 11 heteroatoms. The minimum Gasteiger partial charge on any atom is -0.382 e. The number of hydrogen-bond acceptors (Lipinski definition) is 6. The second-order valence-electron chi connectivity index (χ2n) is 5.58. The Balaban J connectivity index is 2.02. The molecule has 0 atom stereocenters. The molecule has 2 aromatic rings. The van der Waals surface area contributed by atoms with Crippen molar-refractivity contribution in [3.63, 3.8) is 0 Å². The summed E-state index contributed by atoms with van der Waals surface area (Å²) in [4.78, 5) is 14.4. The maximum Gasteiger partial charge on any atom is 0.306 e. The van der Waals surface area contributed by atoms with Gasteiger partial charge in [0.1, 0.15) is 5.75 Å². The van der Waals surface area contributed by atoms with Crippen LogP contribution >= 0.6 is 58.8 Å². The Bertz CT molecular complexity index is 1130. The molecule has 0 aliphatic carbocycles. The topological polar surface area (TPSA) is 63.7 Å². The lowest BCUT2D eigenvalue weighted by atomic mass is 10.2. The van der Waals surface area contributed by atoms with Crippen molar-refractivity contribution in [3.8, 4) is 5.75 Å². The van der Waals surface area contributed by atoms with Crippen LogP contribution in [-0.2, 0) is 14.9 Å². The maximum atomic E-state index is 12.9. The lowest BCUT2D eigenvalue weighted by molar-refractivity contribution is -0.113. The van der Waals surface area contributed by atoms with Crippen LogP contribution in [0.2, 0.25) is 15.1 Å². The van der Waals surface area contributed by atoms with E-state index in [4.69, 9.17) is 51.2 Å². The van der Waals surface area contributed by atoms with Crippen molar-refractivity contribution in [1.82, 2.24) is 0 Å². The number of hydrogen-bond donors (Lipinski definition) is 0. The quantitative estimate of drug-likeness (QED) is 0.322. The summed E-state index contributed by atoms with van der Waals surface area (Å²) >= 11 is 24.5. The summed E-state index contributed by atoms with van der Waals surface area (Å²) in [5.74, 6) is -0.369. The number of benzene rings is 2. The lowest BCUT2D eigenvalue weighted by Crippen LogP contribution is -2.27. The smallest absolute Gasteiger partial charge is 0.306 e. The van der Waals surface area contributed by atoms with Gasteiger partial charge in [0, 0.05) is 15.6 Å². The Labute approximate surface area is 186 Å². The van der Waals surface area contributed by atoms with E-state index in [0.29, 0.717) is 21.3 Å². The fraction of sp³-hybridized carbons (Fsp3) is 0.0588. The molecular formula is C17H10Cl3NO4S3. The summed E-state index contributed by atoms with van der Waals surface area (Å²) in [5.41, 5.74) is 0.719. The van der Waals surface area contributed by atoms with E-state index in [-0.39, 0.29) is 20.0 Å². The molecule has 5 nitrogen and oxygen atoms in total. The standard InChI is InChI=1S/C17H10Cl3NO4S3/c1-28(23,24)25-14-5-3-10(18)6-9(14)7-15-16(22)21(17(26)27-15)13-4-2-11(19)8-12(13)20/h2-8H,1H3/b15-7+. The van der Waals surface area contributed by atoms with Gasteiger partial charge < -0.3 is 4.18 Å². The Morgan fingerprint density at radius 2 is 1.75 bits per heavy atom. The van der Waals surface area contributed by atoms with Gasteiger partial charge in [0.25, 0.3) is 5.91 Å². The monoisotopic (exact) mass is 493 g/mol. The van der Waals surface area contributed by atoms with E-state index in [0.717, 1.165) is 18.0 Å². The number of amides is 1. The number of nitrogens with zero attached hydrogens (tertiary/aromatic N) is 1.